The molecule has 0 aliphatic rings. The van der Waals surface area contributed by atoms with Crippen LogP contribution in [0.15, 0.2) is 0 Å². The van der Waals surface area contributed by atoms with E-state index in [-0.39, 0.29) is 18.8 Å². The van der Waals surface area contributed by atoms with Crippen LogP contribution in [-0.2, 0) is 4.79 Å². The van der Waals surface area contributed by atoms with Crippen LogP contribution in [0.1, 0.15) is 20.3 Å². The minimum absolute atomic E-state index is 0. The number of nitrogens with one attached hydrogen (secondary N) is 1. The van der Waals surface area contributed by atoms with Gasteiger partial charge in [-0.25, -0.2) is 4.39 Å². The van der Waals surface area contributed by atoms with Crippen molar-refractivity contribution in [2.24, 2.45) is 0 Å². The normalized spacial score (nSPS) is 13.3. The van der Waals surface area contributed by atoms with Gasteiger partial charge in [0.25, 0.3) is 0 Å². The van der Waals surface area contributed by atoms with E-state index in [2.05, 4.69) is 5.32 Å². The molecule has 0 heterocycles. The molecule has 0 aromatic carbocycles. The van der Waals surface area contributed by atoms with Crippen molar-refractivity contribution in [2.45, 2.75) is 32.0 Å². The van der Waals surface area contributed by atoms with Crippen LogP contribution < -0.4 is 5.32 Å². The third-order valence-electron chi connectivity index (χ3n) is 1.34. The largest absolute Gasteiger partial charge is 0.480 e. The molecule has 0 aliphatic heterocycles. The summed E-state index contributed by atoms with van der Waals surface area (Å²) in [6, 6.07) is -0.796. The van der Waals surface area contributed by atoms with Crippen molar-refractivity contribution in [3.05, 3.63) is 0 Å². The van der Waals surface area contributed by atoms with Crippen molar-refractivity contribution in [3.8, 4) is 0 Å². The molecule has 0 radical (unpaired) electrons. The predicted molar refractivity (Wildman–Crippen MR) is 47.5 cm³/mol. The van der Waals surface area contributed by atoms with Gasteiger partial charge in [-0.2, -0.15) is 0 Å². The molecule has 0 rings (SSSR count). The first kappa shape index (κ1) is 14.2. The molecule has 0 aliphatic carbocycles. The van der Waals surface area contributed by atoms with E-state index >= 15 is 0 Å². The molecular weight excluding hydrogens is 185 g/mol. The lowest BCUT2D eigenvalue weighted by molar-refractivity contribution is -0.140. The van der Waals surface area contributed by atoms with E-state index in [1.165, 1.54) is 20.9 Å². The van der Waals surface area contributed by atoms with Crippen LogP contribution in [0.2, 0.25) is 0 Å². The second-order valence-corrected chi connectivity index (χ2v) is 3.10. The lowest BCUT2D eigenvalue weighted by Gasteiger charge is -2.18. The molecule has 0 spiro atoms. The van der Waals surface area contributed by atoms with Gasteiger partial charge < -0.3 is 10.4 Å². The fourth-order valence-corrected chi connectivity index (χ4v) is 0.798. The lowest BCUT2D eigenvalue weighted by atomic mass is 10.0. The molecule has 0 aromatic rings. The smallest absolute Gasteiger partial charge is 0.320 e. The van der Waals surface area contributed by atoms with Crippen molar-refractivity contribution >= 4 is 18.4 Å². The van der Waals surface area contributed by atoms with Crippen molar-refractivity contribution < 1.29 is 14.3 Å². The van der Waals surface area contributed by atoms with Crippen LogP contribution in [0.25, 0.3) is 0 Å². The highest BCUT2D eigenvalue weighted by Crippen LogP contribution is 2.15. The monoisotopic (exact) mass is 199 g/mol. The Balaban J connectivity index is 0. The topological polar surface area (TPSA) is 49.3 Å². The predicted octanol–water partition coefficient (Wildman–Crippen LogP) is 1.22. The van der Waals surface area contributed by atoms with E-state index in [0.717, 1.165) is 0 Å². The van der Waals surface area contributed by atoms with Crippen LogP contribution in [0.4, 0.5) is 4.39 Å². The number of carbonyl (C=O) groups is 1. The Kier molecular flexibility index (Phi) is 6.29. The minimum atomic E-state index is -1.44. The molecule has 2 N–H and O–H groups in total. The average Bonchev–Trinajstić information content (AvgIpc) is 1.80. The summed E-state index contributed by atoms with van der Waals surface area (Å²) in [6.07, 6.45) is -0.0150. The summed E-state index contributed by atoms with van der Waals surface area (Å²) in [4.78, 5) is 10.4. The van der Waals surface area contributed by atoms with Gasteiger partial charge in [-0.05, 0) is 20.9 Å². The van der Waals surface area contributed by atoms with Crippen LogP contribution >= 0.6 is 12.4 Å². The molecular formula is C7H15ClFNO2. The number of carboxylic acids is 1. The maximum atomic E-state index is 12.9. The standard InChI is InChI=1S/C7H14FNO2.ClH/c1-7(2,8)4-5(9-3)6(10)11;/h5,9H,4H2,1-3H3,(H,10,11);1H/t5-;/m0./s1. The van der Waals surface area contributed by atoms with Crippen LogP contribution in [-0.4, -0.2) is 29.8 Å². The minimum Gasteiger partial charge on any atom is -0.480 e. The van der Waals surface area contributed by atoms with Gasteiger partial charge in [-0.1, -0.05) is 0 Å². The number of carboxylic acid groups (broad SMARTS) is 1. The van der Waals surface area contributed by atoms with Gasteiger partial charge in [-0.15, -0.1) is 12.4 Å². The van der Waals surface area contributed by atoms with Crippen molar-refractivity contribution in [1.29, 1.82) is 0 Å². The van der Waals surface area contributed by atoms with E-state index in [9.17, 15) is 9.18 Å². The quantitative estimate of drug-likeness (QED) is 0.716. The van der Waals surface area contributed by atoms with E-state index in [4.69, 9.17) is 5.11 Å². The number of rotatable bonds is 4. The molecule has 0 aromatic heterocycles. The van der Waals surface area contributed by atoms with E-state index in [1.54, 1.807) is 0 Å². The lowest BCUT2D eigenvalue weighted by Crippen LogP contribution is -2.38. The van der Waals surface area contributed by atoms with Gasteiger partial charge in [0.2, 0.25) is 0 Å². The maximum Gasteiger partial charge on any atom is 0.320 e. The molecule has 74 valence electrons. The second kappa shape index (κ2) is 5.32. The highest BCUT2D eigenvalue weighted by atomic mass is 35.5. The number of hydrogen-bond acceptors (Lipinski definition) is 2. The Morgan fingerprint density at radius 2 is 2.08 bits per heavy atom. The molecule has 0 fully saturated rings. The van der Waals surface area contributed by atoms with E-state index in [1.807, 2.05) is 0 Å². The Labute approximate surface area is 77.8 Å². The number of alkyl halides is 1. The van der Waals surface area contributed by atoms with Crippen molar-refractivity contribution in [2.75, 3.05) is 7.05 Å². The van der Waals surface area contributed by atoms with E-state index in [0.29, 0.717) is 0 Å². The summed E-state index contributed by atoms with van der Waals surface area (Å²) in [7, 11) is 1.50. The molecule has 0 saturated heterocycles. The zero-order valence-corrected chi connectivity index (χ0v) is 8.24. The fourth-order valence-electron chi connectivity index (χ4n) is 0.798. The van der Waals surface area contributed by atoms with Crippen LogP contribution in [0.3, 0.4) is 0 Å². The Morgan fingerprint density at radius 1 is 1.67 bits per heavy atom. The zero-order chi connectivity index (χ0) is 9.07. The van der Waals surface area contributed by atoms with Gasteiger partial charge in [0.1, 0.15) is 11.7 Å². The highest BCUT2D eigenvalue weighted by molar-refractivity contribution is 5.85. The molecule has 0 saturated carbocycles. The first-order valence-corrected chi connectivity index (χ1v) is 3.46. The summed E-state index contributed by atoms with van der Waals surface area (Å²) in [6.45, 7) is 2.72. The van der Waals surface area contributed by atoms with Crippen LogP contribution in [0, 0.1) is 0 Å². The van der Waals surface area contributed by atoms with Gasteiger partial charge in [0.15, 0.2) is 0 Å². The molecule has 0 unspecified atom stereocenters. The molecule has 0 amide bonds. The highest BCUT2D eigenvalue weighted by Gasteiger charge is 2.25. The van der Waals surface area contributed by atoms with Gasteiger partial charge in [0.05, 0.1) is 0 Å². The summed E-state index contributed by atoms with van der Waals surface area (Å²) in [5.74, 6) is -1.02. The third-order valence-corrected chi connectivity index (χ3v) is 1.34. The Hall–Kier alpha value is -0.350. The van der Waals surface area contributed by atoms with Gasteiger partial charge in [-0.3, -0.25) is 4.79 Å². The number of aliphatic carboxylic acids is 1. The van der Waals surface area contributed by atoms with Crippen molar-refractivity contribution in [1.82, 2.24) is 5.32 Å². The summed E-state index contributed by atoms with van der Waals surface area (Å²) < 4.78 is 12.9. The van der Waals surface area contributed by atoms with E-state index < -0.39 is 17.7 Å². The molecule has 3 nitrogen and oxygen atoms in total. The summed E-state index contributed by atoms with van der Waals surface area (Å²) in [5, 5.41) is 11.0. The Bertz CT molecular complexity index is 147. The second-order valence-electron chi connectivity index (χ2n) is 3.10. The molecule has 0 bridgehead atoms. The molecule has 1 atom stereocenters. The average molecular weight is 200 g/mol. The SMILES string of the molecule is CN[C@@H](CC(C)(C)F)C(=O)O.Cl. The first-order valence-electron chi connectivity index (χ1n) is 3.46. The number of likely N-dealkylation sites (N-methyl/N-ethyl adjacent to an activating group) is 1. The van der Waals surface area contributed by atoms with Crippen LogP contribution in [0.5, 0.6) is 0 Å². The maximum absolute atomic E-state index is 12.9. The molecule has 12 heavy (non-hydrogen) atoms. The summed E-state index contributed by atoms with van der Waals surface area (Å²) in [5.41, 5.74) is -1.44. The first-order chi connectivity index (χ1) is 4.87. The third kappa shape index (κ3) is 6.37. The fraction of sp³-hybridized carbons (Fsp3) is 0.857. The van der Waals surface area contributed by atoms with Gasteiger partial charge >= 0.3 is 5.97 Å². The van der Waals surface area contributed by atoms with Gasteiger partial charge in [0, 0.05) is 6.42 Å². The number of hydrogen-bond donors (Lipinski definition) is 2. The number of halogens is 2. The summed E-state index contributed by atoms with van der Waals surface area (Å²) >= 11 is 0. The Morgan fingerprint density at radius 3 is 2.17 bits per heavy atom. The molecule has 5 heteroatoms. The zero-order valence-electron chi connectivity index (χ0n) is 7.43. The van der Waals surface area contributed by atoms with Crippen molar-refractivity contribution in [3.63, 3.8) is 0 Å².